The van der Waals surface area contributed by atoms with Crippen LogP contribution in [0.3, 0.4) is 0 Å². The molecule has 1 saturated heterocycles. The van der Waals surface area contributed by atoms with Crippen LogP contribution < -0.4 is 4.74 Å². The summed E-state index contributed by atoms with van der Waals surface area (Å²) in [6.45, 7) is 0.747. The highest BCUT2D eigenvalue weighted by atomic mass is 16.5. The van der Waals surface area contributed by atoms with Crippen molar-refractivity contribution in [3.8, 4) is 11.8 Å². The number of ether oxygens (including phenoxy) is 2. The maximum absolute atomic E-state index is 11.0. The first-order chi connectivity index (χ1) is 11.8. The molecule has 24 heavy (non-hydrogen) atoms. The Bertz CT molecular complexity index is 866. The zero-order chi connectivity index (χ0) is 16.4. The van der Waals surface area contributed by atoms with Gasteiger partial charge < -0.3 is 9.47 Å². The van der Waals surface area contributed by atoms with Crippen LogP contribution in [0.5, 0.6) is 11.8 Å². The molecule has 1 atom stereocenters. The van der Waals surface area contributed by atoms with Gasteiger partial charge in [0.05, 0.1) is 11.0 Å². The van der Waals surface area contributed by atoms with Crippen LogP contribution in [0.15, 0.2) is 48.5 Å². The van der Waals surface area contributed by atoms with E-state index in [4.69, 9.17) is 9.47 Å². The average molecular weight is 322 g/mol. The molecule has 0 aliphatic carbocycles. The van der Waals surface area contributed by atoms with Gasteiger partial charge in [0.1, 0.15) is 18.3 Å². The van der Waals surface area contributed by atoms with Crippen LogP contribution in [0.2, 0.25) is 0 Å². The number of aldehydes is 1. The molecule has 0 saturated carbocycles. The van der Waals surface area contributed by atoms with Crippen LogP contribution in [0.1, 0.15) is 35.8 Å². The van der Waals surface area contributed by atoms with Crippen molar-refractivity contribution in [3.63, 3.8) is 0 Å². The summed E-state index contributed by atoms with van der Waals surface area (Å²) in [5.41, 5.74) is 2.43. The number of hydrogen-bond donors (Lipinski definition) is 0. The van der Waals surface area contributed by atoms with E-state index < -0.39 is 0 Å². The molecule has 0 N–H and O–H groups in total. The molecule has 1 aromatic heterocycles. The summed E-state index contributed by atoms with van der Waals surface area (Å²) in [4.78, 5) is 15.6. The molecule has 0 radical (unpaired) electrons. The van der Waals surface area contributed by atoms with Gasteiger partial charge in [0.15, 0.2) is 0 Å². The molecule has 4 rings (SSSR count). The van der Waals surface area contributed by atoms with Crippen molar-refractivity contribution in [2.75, 3.05) is 6.61 Å². The van der Waals surface area contributed by atoms with E-state index in [0.717, 1.165) is 43.2 Å². The van der Waals surface area contributed by atoms with Gasteiger partial charge in [-0.3, -0.25) is 9.36 Å². The van der Waals surface area contributed by atoms with E-state index in [1.54, 1.807) is 18.2 Å². The number of benzene rings is 2. The van der Waals surface area contributed by atoms with Crippen molar-refractivity contribution >= 4 is 17.3 Å². The Labute approximate surface area is 139 Å². The molecular formula is C19H18N2O3. The fourth-order valence-electron chi connectivity index (χ4n) is 3.06. The fourth-order valence-corrected chi connectivity index (χ4v) is 3.06. The Morgan fingerprint density at radius 1 is 1.17 bits per heavy atom. The first-order valence-electron chi connectivity index (χ1n) is 8.17. The molecule has 5 heteroatoms. The normalized spacial score (nSPS) is 17.8. The van der Waals surface area contributed by atoms with Crippen LogP contribution in [0.25, 0.3) is 11.0 Å². The number of rotatable bonds is 4. The van der Waals surface area contributed by atoms with Crippen LogP contribution >= 0.6 is 0 Å². The fraction of sp³-hybridized carbons (Fsp3) is 0.263. The van der Waals surface area contributed by atoms with E-state index in [1.807, 2.05) is 34.9 Å². The standard InChI is InChI=1S/C19H18N2O3/c22-13-14-6-5-7-15(12-14)24-19-20-16-8-1-2-9-17(16)21(19)18-10-3-4-11-23-18/h1-2,5-9,12-13,18H,3-4,10-11H2/t18-/m1/s1. The van der Waals surface area contributed by atoms with Gasteiger partial charge in [-0.1, -0.05) is 24.3 Å². The van der Waals surface area contributed by atoms with E-state index >= 15 is 0 Å². The van der Waals surface area contributed by atoms with E-state index in [9.17, 15) is 4.79 Å². The number of carbonyl (C=O) groups is 1. The molecule has 0 bridgehead atoms. The monoisotopic (exact) mass is 322 g/mol. The van der Waals surface area contributed by atoms with Crippen LogP contribution in [-0.2, 0) is 4.74 Å². The van der Waals surface area contributed by atoms with Crippen molar-refractivity contribution in [2.45, 2.75) is 25.5 Å². The molecule has 1 aliphatic rings. The lowest BCUT2D eigenvalue weighted by atomic mass is 10.2. The van der Waals surface area contributed by atoms with Gasteiger partial charge in [0.2, 0.25) is 0 Å². The van der Waals surface area contributed by atoms with Crippen LogP contribution in [0, 0.1) is 0 Å². The van der Waals surface area contributed by atoms with Gasteiger partial charge in [-0.15, -0.1) is 0 Å². The summed E-state index contributed by atoms with van der Waals surface area (Å²) in [6, 6.07) is 15.5. The topological polar surface area (TPSA) is 53.3 Å². The Balaban J connectivity index is 1.77. The zero-order valence-electron chi connectivity index (χ0n) is 13.2. The number of para-hydroxylation sites is 2. The number of nitrogens with zero attached hydrogens (tertiary/aromatic N) is 2. The average Bonchev–Trinajstić information content (AvgIpc) is 3.00. The maximum atomic E-state index is 11.0. The summed E-state index contributed by atoms with van der Waals surface area (Å²) >= 11 is 0. The highest BCUT2D eigenvalue weighted by molar-refractivity contribution is 5.77. The lowest BCUT2D eigenvalue weighted by Gasteiger charge is -2.25. The number of aromatic nitrogens is 2. The minimum atomic E-state index is -0.0737. The molecule has 122 valence electrons. The first kappa shape index (κ1) is 14.9. The van der Waals surface area contributed by atoms with E-state index in [0.29, 0.717) is 17.3 Å². The Morgan fingerprint density at radius 3 is 2.92 bits per heavy atom. The predicted molar refractivity (Wildman–Crippen MR) is 90.5 cm³/mol. The second-order valence-corrected chi connectivity index (χ2v) is 5.87. The minimum Gasteiger partial charge on any atom is -0.425 e. The molecule has 2 aromatic carbocycles. The lowest BCUT2D eigenvalue weighted by molar-refractivity contribution is -0.0325. The Kier molecular flexibility index (Phi) is 4.01. The highest BCUT2D eigenvalue weighted by Gasteiger charge is 2.23. The van der Waals surface area contributed by atoms with Crippen molar-refractivity contribution in [2.24, 2.45) is 0 Å². The second-order valence-electron chi connectivity index (χ2n) is 5.87. The largest absolute Gasteiger partial charge is 0.425 e. The summed E-state index contributed by atoms with van der Waals surface area (Å²) in [5, 5.41) is 0. The SMILES string of the molecule is O=Cc1cccc(Oc2nc3ccccc3n2[C@H]2CCCCO2)c1. The summed E-state index contributed by atoms with van der Waals surface area (Å²) in [5.74, 6) is 0.590. The number of fused-ring (bicyclic) bond motifs is 1. The molecule has 5 nitrogen and oxygen atoms in total. The Hall–Kier alpha value is -2.66. The third-order valence-corrected chi connectivity index (χ3v) is 4.21. The van der Waals surface area contributed by atoms with E-state index in [-0.39, 0.29) is 6.23 Å². The molecule has 3 aromatic rings. The lowest BCUT2D eigenvalue weighted by Crippen LogP contribution is -2.18. The summed E-state index contributed by atoms with van der Waals surface area (Å²) < 4.78 is 14.0. The maximum Gasteiger partial charge on any atom is 0.305 e. The smallest absolute Gasteiger partial charge is 0.305 e. The zero-order valence-corrected chi connectivity index (χ0v) is 13.2. The van der Waals surface area contributed by atoms with E-state index in [2.05, 4.69) is 4.98 Å². The molecule has 1 aliphatic heterocycles. The predicted octanol–water partition coefficient (Wildman–Crippen LogP) is 4.34. The van der Waals surface area contributed by atoms with Gasteiger partial charge in [-0.25, -0.2) is 0 Å². The van der Waals surface area contributed by atoms with Gasteiger partial charge >= 0.3 is 6.01 Å². The molecule has 0 unspecified atom stereocenters. The number of carbonyl (C=O) groups excluding carboxylic acids is 1. The third kappa shape index (κ3) is 2.78. The molecular weight excluding hydrogens is 304 g/mol. The second kappa shape index (κ2) is 6.45. The van der Waals surface area contributed by atoms with Crippen molar-refractivity contribution < 1.29 is 14.3 Å². The van der Waals surface area contributed by atoms with Gasteiger partial charge in [-0.2, -0.15) is 4.98 Å². The van der Waals surface area contributed by atoms with Gasteiger partial charge in [0, 0.05) is 12.2 Å². The quantitative estimate of drug-likeness (QED) is 0.671. The van der Waals surface area contributed by atoms with Gasteiger partial charge in [-0.05, 0) is 43.5 Å². The van der Waals surface area contributed by atoms with E-state index in [1.165, 1.54) is 0 Å². The van der Waals surface area contributed by atoms with Gasteiger partial charge in [0.25, 0.3) is 0 Å². The summed E-state index contributed by atoms with van der Waals surface area (Å²) in [6.07, 6.45) is 3.87. The number of imidazole rings is 1. The molecule has 2 heterocycles. The van der Waals surface area contributed by atoms with Crippen molar-refractivity contribution in [1.82, 2.24) is 9.55 Å². The van der Waals surface area contributed by atoms with Crippen LogP contribution in [-0.4, -0.2) is 22.4 Å². The van der Waals surface area contributed by atoms with Crippen molar-refractivity contribution in [3.05, 3.63) is 54.1 Å². The highest BCUT2D eigenvalue weighted by Crippen LogP contribution is 2.33. The van der Waals surface area contributed by atoms with Crippen LogP contribution in [0.4, 0.5) is 0 Å². The minimum absolute atomic E-state index is 0.0737. The summed E-state index contributed by atoms with van der Waals surface area (Å²) in [7, 11) is 0. The first-order valence-corrected chi connectivity index (χ1v) is 8.17. The third-order valence-electron chi connectivity index (χ3n) is 4.21. The Morgan fingerprint density at radius 2 is 2.08 bits per heavy atom. The molecule has 1 fully saturated rings. The molecule has 0 spiro atoms. The number of hydrogen-bond acceptors (Lipinski definition) is 4. The van der Waals surface area contributed by atoms with Crippen molar-refractivity contribution in [1.29, 1.82) is 0 Å². The molecule has 0 amide bonds.